The number of esters is 1. The molecule has 0 saturated carbocycles. The molecule has 3 heteroatoms. The largest absolute Gasteiger partial charge is 0.432 e. The highest BCUT2D eigenvalue weighted by Crippen LogP contribution is 2.15. The highest BCUT2D eigenvalue weighted by Gasteiger charge is 2.17. The maximum absolute atomic E-state index is 11.7. The van der Waals surface area contributed by atoms with E-state index in [9.17, 15) is 4.79 Å². The molecule has 1 aromatic rings. The number of hydrogen-bond donors (Lipinski definition) is 0. The lowest BCUT2D eigenvalue weighted by molar-refractivity contribution is -0.107. The Kier molecular flexibility index (Phi) is 3.94. The van der Waals surface area contributed by atoms with Crippen molar-refractivity contribution in [2.24, 2.45) is 0 Å². The van der Waals surface area contributed by atoms with Crippen LogP contribution in [0.5, 0.6) is 0 Å². The Morgan fingerprint density at radius 1 is 1.19 bits per heavy atom. The molecule has 2 rings (SSSR count). The summed E-state index contributed by atoms with van der Waals surface area (Å²) in [7, 11) is 0. The van der Waals surface area contributed by atoms with Crippen LogP contribution in [-0.2, 0) is 9.47 Å². The topological polar surface area (TPSA) is 35.5 Å². The first-order valence-electron chi connectivity index (χ1n) is 5.74. The van der Waals surface area contributed by atoms with Crippen molar-refractivity contribution >= 4 is 5.97 Å². The molecule has 0 N–H and O–H groups in total. The van der Waals surface area contributed by atoms with E-state index in [4.69, 9.17) is 9.47 Å². The fraction of sp³-hybridized carbons (Fsp3) is 0.462. The van der Waals surface area contributed by atoms with Crippen molar-refractivity contribution < 1.29 is 14.3 Å². The molecule has 1 heterocycles. The Bertz CT molecular complexity index is 326. The lowest BCUT2D eigenvalue weighted by atomic mass is 10.2. The van der Waals surface area contributed by atoms with Gasteiger partial charge >= 0.3 is 5.97 Å². The van der Waals surface area contributed by atoms with Gasteiger partial charge < -0.3 is 9.47 Å². The molecule has 1 fully saturated rings. The van der Waals surface area contributed by atoms with Crippen LogP contribution in [0.4, 0.5) is 0 Å². The second kappa shape index (κ2) is 5.66. The molecule has 1 aliphatic heterocycles. The summed E-state index contributed by atoms with van der Waals surface area (Å²) in [5.41, 5.74) is 0.579. The standard InChI is InChI=1S/C13H16O3/c14-13(11-7-3-1-4-8-11)16-12-9-5-2-6-10-15-12/h1,3-4,7-8,12H,2,5-6,9-10H2. The van der Waals surface area contributed by atoms with Crippen LogP contribution < -0.4 is 0 Å². The minimum Gasteiger partial charge on any atom is -0.432 e. The zero-order valence-corrected chi connectivity index (χ0v) is 9.22. The first-order valence-corrected chi connectivity index (χ1v) is 5.74. The number of hydrogen-bond acceptors (Lipinski definition) is 3. The van der Waals surface area contributed by atoms with Crippen molar-refractivity contribution in [1.82, 2.24) is 0 Å². The zero-order valence-electron chi connectivity index (χ0n) is 9.22. The first-order chi connectivity index (χ1) is 7.86. The van der Waals surface area contributed by atoms with Gasteiger partial charge in [-0.2, -0.15) is 0 Å². The Morgan fingerprint density at radius 2 is 2.00 bits per heavy atom. The minimum absolute atomic E-state index is 0.299. The van der Waals surface area contributed by atoms with Gasteiger partial charge in [0, 0.05) is 6.42 Å². The smallest absolute Gasteiger partial charge is 0.340 e. The molecule has 0 spiro atoms. The average molecular weight is 220 g/mol. The van der Waals surface area contributed by atoms with E-state index in [1.807, 2.05) is 18.2 Å². The SMILES string of the molecule is O=C(OC1CCCCCO1)c1ccccc1. The summed E-state index contributed by atoms with van der Waals surface area (Å²) in [6.07, 6.45) is 3.71. The van der Waals surface area contributed by atoms with Gasteiger partial charge in [-0.3, -0.25) is 0 Å². The molecular weight excluding hydrogens is 204 g/mol. The van der Waals surface area contributed by atoms with Gasteiger partial charge in [0.1, 0.15) is 0 Å². The van der Waals surface area contributed by atoms with Gasteiger partial charge in [0.25, 0.3) is 0 Å². The van der Waals surface area contributed by atoms with E-state index in [-0.39, 0.29) is 12.3 Å². The monoisotopic (exact) mass is 220 g/mol. The lowest BCUT2D eigenvalue weighted by Crippen LogP contribution is -2.20. The Morgan fingerprint density at radius 3 is 2.81 bits per heavy atom. The minimum atomic E-state index is -0.366. The molecule has 1 unspecified atom stereocenters. The van der Waals surface area contributed by atoms with E-state index >= 15 is 0 Å². The van der Waals surface area contributed by atoms with Crippen LogP contribution in [0.1, 0.15) is 36.0 Å². The Balaban J connectivity index is 1.91. The van der Waals surface area contributed by atoms with E-state index < -0.39 is 0 Å². The number of carbonyl (C=O) groups excluding carboxylic acids is 1. The van der Waals surface area contributed by atoms with Crippen LogP contribution in [-0.4, -0.2) is 18.9 Å². The van der Waals surface area contributed by atoms with Crippen LogP contribution in [0.15, 0.2) is 30.3 Å². The molecule has 0 bridgehead atoms. The summed E-state index contributed by atoms with van der Waals surface area (Å²) < 4.78 is 10.7. The lowest BCUT2D eigenvalue weighted by Gasteiger charge is -2.15. The fourth-order valence-electron chi connectivity index (χ4n) is 1.74. The first kappa shape index (κ1) is 11.1. The maximum Gasteiger partial charge on any atom is 0.340 e. The molecular formula is C13H16O3. The normalized spacial score (nSPS) is 21.1. The van der Waals surface area contributed by atoms with Crippen molar-refractivity contribution in [3.63, 3.8) is 0 Å². The summed E-state index contributed by atoms with van der Waals surface area (Å²) in [4.78, 5) is 11.7. The maximum atomic E-state index is 11.7. The van der Waals surface area contributed by atoms with E-state index in [1.54, 1.807) is 12.1 Å². The molecule has 1 saturated heterocycles. The molecule has 3 nitrogen and oxygen atoms in total. The Labute approximate surface area is 95.4 Å². The number of ether oxygens (including phenoxy) is 2. The predicted octanol–water partition coefficient (Wildman–Crippen LogP) is 2.76. The number of benzene rings is 1. The predicted molar refractivity (Wildman–Crippen MR) is 60.1 cm³/mol. The molecule has 1 atom stereocenters. The third-order valence-corrected chi connectivity index (χ3v) is 2.64. The van der Waals surface area contributed by atoms with Gasteiger partial charge in [-0.15, -0.1) is 0 Å². The van der Waals surface area contributed by atoms with Crippen LogP contribution in [0, 0.1) is 0 Å². The second-order valence-corrected chi connectivity index (χ2v) is 3.92. The van der Waals surface area contributed by atoms with Gasteiger partial charge in [0.15, 0.2) is 0 Å². The van der Waals surface area contributed by atoms with Crippen molar-refractivity contribution in [1.29, 1.82) is 0 Å². The molecule has 0 aromatic heterocycles. The average Bonchev–Trinajstić information content (AvgIpc) is 2.59. The summed E-state index contributed by atoms with van der Waals surface area (Å²) in [6.45, 7) is 0.687. The highest BCUT2D eigenvalue weighted by molar-refractivity contribution is 5.89. The molecule has 16 heavy (non-hydrogen) atoms. The van der Waals surface area contributed by atoms with E-state index in [1.165, 1.54) is 0 Å². The van der Waals surface area contributed by atoms with Crippen LogP contribution in [0.25, 0.3) is 0 Å². The Hall–Kier alpha value is -1.35. The summed E-state index contributed by atoms with van der Waals surface area (Å²) in [6, 6.07) is 9.02. The van der Waals surface area contributed by atoms with E-state index in [0.29, 0.717) is 12.2 Å². The van der Waals surface area contributed by atoms with Gasteiger partial charge in [-0.25, -0.2) is 4.79 Å². The van der Waals surface area contributed by atoms with Crippen molar-refractivity contribution in [3.8, 4) is 0 Å². The highest BCUT2D eigenvalue weighted by atomic mass is 16.7. The van der Waals surface area contributed by atoms with Gasteiger partial charge in [0.2, 0.25) is 6.29 Å². The third-order valence-electron chi connectivity index (χ3n) is 2.64. The molecule has 1 aliphatic rings. The van der Waals surface area contributed by atoms with Crippen molar-refractivity contribution in [2.45, 2.75) is 32.0 Å². The summed E-state index contributed by atoms with van der Waals surface area (Å²) >= 11 is 0. The van der Waals surface area contributed by atoms with Gasteiger partial charge in [-0.05, 0) is 25.0 Å². The summed E-state index contributed by atoms with van der Waals surface area (Å²) in [5.74, 6) is -0.299. The zero-order chi connectivity index (χ0) is 11.2. The second-order valence-electron chi connectivity index (χ2n) is 3.92. The quantitative estimate of drug-likeness (QED) is 0.719. The third kappa shape index (κ3) is 3.07. The van der Waals surface area contributed by atoms with Crippen LogP contribution in [0.2, 0.25) is 0 Å². The van der Waals surface area contributed by atoms with E-state index in [0.717, 1.165) is 25.7 Å². The molecule has 0 radical (unpaired) electrons. The summed E-state index contributed by atoms with van der Waals surface area (Å²) in [5, 5.41) is 0. The molecule has 0 aliphatic carbocycles. The molecule has 86 valence electrons. The van der Waals surface area contributed by atoms with Crippen LogP contribution in [0.3, 0.4) is 0 Å². The van der Waals surface area contributed by atoms with Crippen molar-refractivity contribution in [2.75, 3.05) is 6.61 Å². The molecule has 1 aromatic carbocycles. The van der Waals surface area contributed by atoms with E-state index in [2.05, 4.69) is 0 Å². The van der Waals surface area contributed by atoms with Crippen LogP contribution >= 0.6 is 0 Å². The van der Waals surface area contributed by atoms with Gasteiger partial charge in [0.05, 0.1) is 12.2 Å². The van der Waals surface area contributed by atoms with Crippen molar-refractivity contribution in [3.05, 3.63) is 35.9 Å². The van der Waals surface area contributed by atoms with Gasteiger partial charge in [-0.1, -0.05) is 24.6 Å². The molecule has 0 amide bonds. The number of carbonyl (C=O) groups is 1. The fourth-order valence-corrected chi connectivity index (χ4v) is 1.74. The number of rotatable bonds is 2.